The highest BCUT2D eigenvalue weighted by atomic mass is 16.5. The summed E-state index contributed by atoms with van der Waals surface area (Å²) < 4.78 is 5.46. The summed E-state index contributed by atoms with van der Waals surface area (Å²) in [6.07, 6.45) is 2.68. The molecule has 2 N–H and O–H groups in total. The van der Waals surface area contributed by atoms with Gasteiger partial charge in [-0.1, -0.05) is 20.8 Å². The van der Waals surface area contributed by atoms with Gasteiger partial charge in [0.25, 0.3) is 0 Å². The fourth-order valence-electron chi connectivity index (χ4n) is 2.56. The molecule has 0 amide bonds. The molecule has 2 rings (SSSR count). The van der Waals surface area contributed by atoms with Gasteiger partial charge in [0.1, 0.15) is 0 Å². The third-order valence-electron chi connectivity index (χ3n) is 4.43. The molecule has 4 atom stereocenters. The summed E-state index contributed by atoms with van der Waals surface area (Å²) in [7, 11) is 3.63. The smallest absolute Gasteiger partial charge is 0.191 e. The maximum Gasteiger partial charge on any atom is 0.191 e. The number of methoxy groups -OCH3 is 1. The van der Waals surface area contributed by atoms with Gasteiger partial charge in [-0.15, -0.1) is 0 Å². The highest BCUT2D eigenvalue weighted by Crippen LogP contribution is 2.42. The minimum atomic E-state index is 0.182. The topological polar surface area (TPSA) is 45.7 Å². The molecule has 4 unspecified atom stereocenters. The van der Waals surface area contributed by atoms with Crippen molar-refractivity contribution in [3.8, 4) is 0 Å². The lowest BCUT2D eigenvalue weighted by atomic mass is 9.64. The quantitative estimate of drug-likeness (QED) is 0.577. The van der Waals surface area contributed by atoms with Gasteiger partial charge in [0.2, 0.25) is 0 Å². The molecule has 0 heterocycles. The van der Waals surface area contributed by atoms with Gasteiger partial charge in [-0.05, 0) is 18.8 Å². The lowest BCUT2D eigenvalue weighted by Crippen LogP contribution is -2.63. The van der Waals surface area contributed by atoms with Gasteiger partial charge < -0.3 is 15.4 Å². The monoisotopic (exact) mass is 239 g/mol. The SMILES string of the molecule is CN=C(NC1CC1C)NC1CC(OC)C1(C)C. The van der Waals surface area contributed by atoms with Crippen LogP contribution in [0, 0.1) is 11.3 Å². The third kappa shape index (κ3) is 2.41. The van der Waals surface area contributed by atoms with Crippen molar-refractivity contribution in [1.82, 2.24) is 10.6 Å². The van der Waals surface area contributed by atoms with E-state index in [4.69, 9.17) is 4.74 Å². The molecular formula is C13H25N3O. The first-order valence-electron chi connectivity index (χ1n) is 6.51. The maximum absolute atomic E-state index is 5.46. The predicted molar refractivity (Wildman–Crippen MR) is 70.2 cm³/mol. The summed E-state index contributed by atoms with van der Waals surface area (Å²) in [5.74, 6) is 1.72. The number of hydrogen-bond donors (Lipinski definition) is 2. The van der Waals surface area contributed by atoms with Crippen LogP contribution in [-0.2, 0) is 4.74 Å². The van der Waals surface area contributed by atoms with Crippen molar-refractivity contribution in [2.45, 2.75) is 51.8 Å². The van der Waals surface area contributed by atoms with Gasteiger partial charge in [0.15, 0.2) is 5.96 Å². The van der Waals surface area contributed by atoms with E-state index in [1.54, 1.807) is 7.11 Å². The van der Waals surface area contributed by atoms with Gasteiger partial charge in [-0.3, -0.25) is 4.99 Å². The van der Waals surface area contributed by atoms with E-state index in [1.165, 1.54) is 6.42 Å². The van der Waals surface area contributed by atoms with Crippen LogP contribution >= 0.6 is 0 Å². The lowest BCUT2D eigenvalue weighted by molar-refractivity contribution is -0.0922. The molecule has 2 aliphatic rings. The van der Waals surface area contributed by atoms with Gasteiger partial charge in [0.05, 0.1) is 6.10 Å². The number of nitrogens with one attached hydrogen (secondary N) is 2. The summed E-state index contributed by atoms with van der Waals surface area (Å²) in [6.45, 7) is 6.75. The van der Waals surface area contributed by atoms with Crippen molar-refractivity contribution in [2.24, 2.45) is 16.3 Å². The first-order valence-corrected chi connectivity index (χ1v) is 6.51. The molecular weight excluding hydrogens is 214 g/mol. The zero-order chi connectivity index (χ0) is 12.6. The summed E-state index contributed by atoms with van der Waals surface area (Å²) in [4.78, 5) is 4.29. The van der Waals surface area contributed by atoms with Crippen molar-refractivity contribution >= 4 is 5.96 Å². The average molecular weight is 239 g/mol. The number of nitrogens with zero attached hydrogens (tertiary/aromatic N) is 1. The van der Waals surface area contributed by atoms with E-state index < -0.39 is 0 Å². The van der Waals surface area contributed by atoms with Crippen molar-refractivity contribution < 1.29 is 4.74 Å². The summed E-state index contributed by atoms with van der Waals surface area (Å²) >= 11 is 0. The van der Waals surface area contributed by atoms with E-state index >= 15 is 0 Å². The fourth-order valence-corrected chi connectivity index (χ4v) is 2.56. The van der Waals surface area contributed by atoms with E-state index in [0.29, 0.717) is 18.2 Å². The average Bonchev–Trinajstić information content (AvgIpc) is 2.97. The number of guanidine groups is 1. The van der Waals surface area contributed by atoms with E-state index in [2.05, 4.69) is 36.4 Å². The maximum atomic E-state index is 5.46. The van der Waals surface area contributed by atoms with Crippen LogP contribution < -0.4 is 10.6 Å². The Morgan fingerprint density at radius 2 is 1.94 bits per heavy atom. The molecule has 0 aromatic heterocycles. The first kappa shape index (κ1) is 12.7. The lowest BCUT2D eigenvalue weighted by Gasteiger charge is -2.51. The normalized spacial score (nSPS) is 39.5. The summed E-state index contributed by atoms with van der Waals surface area (Å²) in [6, 6.07) is 1.07. The Kier molecular flexibility index (Phi) is 3.34. The van der Waals surface area contributed by atoms with Crippen molar-refractivity contribution in [3.63, 3.8) is 0 Å². The van der Waals surface area contributed by atoms with Crippen molar-refractivity contribution in [1.29, 1.82) is 0 Å². The largest absolute Gasteiger partial charge is 0.381 e. The van der Waals surface area contributed by atoms with Crippen LogP contribution in [0.1, 0.15) is 33.6 Å². The molecule has 0 spiro atoms. The second-order valence-corrected chi connectivity index (χ2v) is 6.01. The van der Waals surface area contributed by atoms with Crippen LogP contribution in [0.5, 0.6) is 0 Å². The van der Waals surface area contributed by atoms with Crippen molar-refractivity contribution in [2.75, 3.05) is 14.2 Å². The zero-order valence-corrected chi connectivity index (χ0v) is 11.6. The molecule has 4 nitrogen and oxygen atoms in total. The van der Waals surface area contributed by atoms with Crippen LogP contribution in [0.4, 0.5) is 0 Å². The predicted octanol–water partition coefficient (Wildman–Crippen LogP) is 1.37. The van der Waals surface area contributed by atoms with E-state index in [0.717, 1.165) is 18.3 Å². The highest BCUT2D eigenvalue weighted by Gasteiger charge is 2.49. The Labute approximate surface area is 104 Å². The zero-order valence-electron chi connectivity index (χ0n) is 11.6. The summed E-state index contributed by atoms with van der Waals surface area (Å²) in [5.41, 5.74) is 0.182. The molecule has 0 aromatic rings. The Morgan fingerprint density at radius 3 is 2.35 bits per heavy atom. The second kappa shape index (κ2) is 4.48. The van der Waals surface area contributed by atoms with Crippen LogP contribution in [0.2, 0.25) is 0 Å². The number of aliphatic imine (C=N–C) groups is 1. The molecule has 2 saturated carbocycles. The minimum Gasteiger partial charge on any atom is -0.381 e. The van der Waals surface area contributed by atoms with Crippen LogP contribution in [0.25, 0.3) is 0 Å². The Hall–Kier alpha value is -0.770. The molecule has 17 heavy (non-hydrogen) atoms. The minimum absolute atomic E-state index is 0.182. The molecule has 2 fully saturated rings. The van der Waals surface area contributed by atoms with Gasteiger partial charge >= 0.3 is 0 Å². The number of rotatable bonds is 3. The third-order valence-corrected chi connectivity index (χ3v) is 4.43. The first-order chi connectivity index (χ1) is 7.98. The van der Waals surface area contributed by atoms with Gasteiger partial charge in [0, 0.05) is 31.7 Å². The van der Waals surface area contributed by atoms with Gasteiger partial charge in [-0.2, -0.15) is 0 Å². The van der Waals surface area contributed by atoms with Crippen LogP contribution in [0.3, 0.4) is 0 Å². The Balaban J connectivity index is 1.84. The van der Waals surface area contributed by atoms with E-state index in [-0.39, 0.29) is 5.41 Å². The van der Waals surface area contributed by atoms with Gasteiger partial charge in [-0.25, -0.2) is 0 Å². The van der Waals surface area contributed by atoms with E-state index in [9.17, 15) is 0 Å². The molecule has 0 bridgehead atoms. The molecule has 4 heteroatoms. The molecule has 98 valence electrons. The highest BCUT2D eigenvalue weighted by molar-refractivity contribution is 5.80. The summed E-state index contributed by atoms with van der Waals surface area (Å²) in [5, 5.41) is 6.97. The molecule has 0 radical (unpaired) electrons. The number of ether oxygens (including phenoxy) is 1. The van der Waals surface area contributed by atoms with Crippen LogP contribution in [0.15, 0.2) is 4.99 Å². The molecule has 2 aliphatic carbocycles. The molecule has 0 saturated heterocycles. The van der Waals surface area contributed by atoms with Crippen molar-refractivity contribution in [3.05, 3.63) is 0 Å². The molecule has 0 aromatic carbocycles. The fraction of sp³-hybridized carbons (Fsp3) is 0.923. The van der Waals surface area contributed by atoms with Crippen LogP contribution in [-0.4, -0.2) is 38.3 Å². The standard InChI is InChI=1S/C13H25N3O/c1-8-6-9(8)15-12(14-4)16-10-7-11(17-5)13(10,2)3/h8-11H,6-7H2,1-5H3,(H2,14,15,16). The molecule has 0 aliphatic heterocycles. The Bertz CT molecular complexity index is 314. The Morgan fingerprint density at radius 1 is 1.29 bits per heavy atom. The number of hydrogen-bond acceptors (Lipinski definition) is 2. The second-order valence-electron chi connectivity index (χ2n) is 6.01. The van der Waals surface area contributed by atoms with E-state index in [1.807, 2.05) is 7.05 Å².